The number of carbonyl (C=O) groups excluding carboxylic acids is 2. The maximum atomic E-state index is 14.9. The van der Waals surface area contributed by atoms with Crippen molar-refractivity contribution in [3.63, 3.8) is 0 Å². The van der Waals surface area contributed by atoms with E-state index in [2.05, 4.69) is 19.7 Å². The Balaban J connectivity index is 1.27. The second kappa shape index (κ2) is 9.90. The molecular weight excluding hydrogens is 499 g/mol. The van der Waals surface area contributed by atoms with Crippen molar-refractivity contribution in [1.29, 1.82) is 0 Å². The normalized spacial score (nSPS) is 14.0. The van der Waals surface area contributed by atoms with Gasteiger partial charge in [0.2, 0.25) is 0 Å². The number of anilines is 1. The van der Waals surface area contributed by atoms with E-state index in [0.717, 1.165) is 6.07 Å². The fourth-order valence-electron chi connectivity index (χ4n) is 4.09. The third-order valence-electron chi connectivity index (χ3n) is 5.98. The highest BCUT2D eigenvalue weighted by Crippen LogP contribution is 2.25. The molecular formula is C25H21FN6O4S. The lowest BCUT2D eigenvalue weighted by Crippen LogP contribution is -2.50. The predicted molar refractivity (Wildman–Crippen MR) is 133 cm³/mol. The first-order valence-corrected chi connectivity index (χ1v) is 12.8. The zero-order valence-corrected chi connectivity index (χ0v) is 20.2. The molecule has 3 heterocycles. The second-order valence-electron chi connectivity index (χ2n) is 8.31. The zero-order valence-electron chi connectivity index (χ0n) is 19.4. The molecule has 1 aliphatic rings. The van der Waals surface area contributed by atoms with Crippen LogP contribution >= 0.6 is 0 Å². The van der Waals surface area contributed by atoms with Crippen LogP contribution in [0.5, 0.6) is 0 Å². The first kappa shape index (κ1) is 24.3. The highest BCUT2D eigenvalue weighted by Gasteiger charge is 2.27. The molecule has 2 aromatic heterocycles. The fourth-order valence-corrected chi connectivity index (χ4v) is 5.34. The molecule has 5 rings (SSSR count). The Morgan fingerprint density at radius 3 is 2.30 bits per heavy atom. The summed E-state index contributed by atoms with van der Waals surface area (Å²) in [6, 6.07) is 11.7. The summed E-state index contributed by atoms with van der Waals surface area (Å²) in [7, 11) is -4.15. The van der Waals surface area contributed by atoms with E-state index in [-0.39, 0.29) is 46.4 Å². The number of halogens is 1. The standard InChI is InChI=1S/C25H21FN6O4S/c26-19-15-18(24(33)31-11-13-32(14-12-31)25(34)21-16-27-9-10-28-21)6-7-20(19)30-37(35,36)22-5-1-3-17-4-2-8-29-23(17)22/h1-10,15-16,30H,11-14H2. The molecule has 0 atom stereocenters. The number of carbonyl (C=O) groups is 2. The van der Waals surface area contributed by atoms with E-state index >= 15 is 0 Å². The number of amides is 2. The monoisotopic (exact) mass is 520 g/mol. The van der Waals surface area contributed by atoms with Crippen LogP contribution in [0.1, 0.15) is 20.8 Å². The Hall–Kier alpha value is -4.45. The van der Waals surface area contributed by atoms with Gasteiger partial charge < -0.3 is 9.80 Å². The van der Waals surface area contributed by atoms with Gasteiger partial charge in [0.05, 0.1) is 17.4 Å². The molecule has 188 valence electrons. The van der Waals surface area contributed by atoms with Crippen molar-refractivity contribution in [2.75, 3.05) is 30.9 Å². The summed E-state index contributed by atoms with van der Waals surface area (Å²) in [4.78, 5) is 40.5. The summed E-state index contributed by atoms with van der Waals surface area (Å²) < 4.78 is 43.1. The molecule has 4 aromatic rings. The molecule has 1 fully saturated rings. The molecule has 0 radical (unpaired) electrons. The summed E-state index contributed by atoms with van der Waals surface area (Å²) in [5.74, 6) is -1.58. The van der Waals surface area contributed by atoms with Crippen LogP contribution in [0.2, 0.25) is 0 Å². The lowest BCUT2D eigenvalue weighted by molar-refractivity contribution is 0.0532. The number of aromatic nitrogens is 3. The smallest absolute Gasteiger partial charge is 0.274 e. The van der Waals surface area contributed by atoms with E-state index in [0.29, 0.717) is 18.5 Å². The van der Waals surface area contributed by atoms with Gasteiger partial charge in [-0.15, -0.1) is 0 Å². The predicted octanol–water partition coefficient (Wildman–Crippen LogP) is 2.56. The van der Waals surface area contributed by atoms with Crippen molar-refractivity contribution in [1.82, 2.24) is 24.8 Å². The van der Waals surface area contributed by atoms with Gasteiger partial charge in [-0.25, -0.2) is 17.8 Å². The SMILES string of the molecule is O=C(c1ccc(NS(=O)(=O)c2cccc3cccnc23)c(F)c1)N1CCN(C(=O)c2cnccn2)CC1. The molecule has 0 bridgehead atoms. The summed E-state index contributed by atoms with van der Waals surface area (Å²) in [5, 5.41) is 0.630. The van der Waals surface area contributed by atoms with Gasteiger partial charge in [0.15, 0.2) is 0 Å². The fraction of sp³-hybridized carbons (Fsp3) is 0.160. The Labute approximate surface area is 211 Å². The van der Waals surface area contributed by atoms with E-state index in [1.165, 1.54) is 47.9 Å². The summed E-state index contributed by atoms with van der Waals surface area (Å²) in [6.45, 7) is 1.10. The van der Waals surface area contributed by atoms with Crippen molar-refractivity contribution in [3.05, 3.63) is 90.4 Å². The molecule has 0 unspecified atom stereocenters. The van der Waals surface area contributed by atoms with Crippen LogP contribution in [-0.2, 0) is 10.0 Å². The lowest BCUT2D eigenvalue weighted by Gasteiger charge is -2.34. The van der Waals surface area contributed by atoms with Crippen molar-refractivity contribution < 1.29 is 22.4 Å². The molecule has 0 aliphatic carbocycles. The minimum absolute atomic E-state index is 0.0704. The molecule has 0 spiro atoms. The van der Waals surface area contributed by atoms with Gasteiger partial charge in [-0.2, -0.15) is 0 Å². The molecule has 1 aliphatic heterocycles. The lowest BCUT2D eigenvalue weighted by atomic mass is 10.1. The van der Waals surface area contributed by atoms with Gasteiger partial charge in [-0.3, -0.25) is 24.3 Å². The van der Waals surface area contributed by atoms with Gasteiger partial charge >= 0.3 is 0 Å². The van der Waals surface area contributed by atoms with Crippen LogP contribution in [-0.4, -0.2) is 71.2 Å². The number of nitrogens with zero attached hydrogens (tertiary/aromatic N) is 5. The number of sulfonamides is 1. The van der Waals surface area contributed by atoms with Crippen LogP contribution in [0.25, 0.3) is 10.9 Å². The number of piperazine rings is 1. The average Bonchev–Trinajstić information content (AvgIpc) is 2.93. The maximum absolute atomic E-state index is 14.9. The van der Waals surface area contributed by atoms with Gasteiger partial charge in [-0.05, 0) is 30.3 Å². The highest BCUT2D eigenvalue weighted by molar-refractivity contribution is 7.93. The first-order valence-electron chi connectivity index (χ1n) is 11.3. The number of hydrogen-bond donors (Lipinski definition) is 1. The zero-order chi connectivity index (χ0) is 26.0. The number of rotatable bonds is 5. The first-order chi connectivity index (χ1) is 17.8. The number of nitrogens with one attached hydrogen (secondary N) is 1. The van der Waals surface area contributed by atoms with Crippen LogP contribution in [0, 0.1) is 5.82 Å². The van der Waals surface area contributed by atoms with E-state index in [1.807, 2.05) is 0 Å². The van der Waals surface area contributed by atoms with Crippen LogP contribution < -0.4 is 4.72 Å². The molecule has 10 nitrogen and oxygen atoms in total. The molecule has 1 N–H and O–H groups in total. The molecule has 2 aromatic carbocycles. The Kier molecular flexibility index (Phi) is 6.49. The van der Waals surface area contributed by atoms with Crippen molar-refractivity contribution in [3.8, 4) is 0 Å². The second-order valence-corrected chi connectivity index (χ2v) is 9.96. The molecule has 1 saturated heterocycles. The summed E-state index contributed by atoms with van der Waals surface area (Å²) in [5.41, 5.74) is 0.271. The van der Waals surface area contributed by atoms with Gasteiger partial charge in [0.1, 0.15) is 16.4 Å². The van der Waals surface area contributed by atoms with E-state index in [9.17, 15) is 22.4 Å². The third kappa shape index (κ3) is 4.96. The number of hydrogen-bond acceptors (Lipinski definition) is 7. The number of pyridine rings is 1. The van der Waals surface area contributed by atoms with Crippen LogP contribution in [0.3, 0.4) is 0 Å². The van der Waals surface area contributed by atoms with E-state index in [1.54, 1.807) is 29.2 Å². The average molecular weight is 521 g/mol. The van der Waals surface area contributed by atoms with Crippen LogP contribution in [0.15, 0.2) is 78.2 Å². The minimum Gasteiger partial charge on any atom is -0.335 e. The topological polar surface area (TPSA) is 125 Å². The van der Waals surface area contributed by atoms with E-state index < -0.39 is 21.7 Å². The molecule has 12 heteroatoms. The number of fused-ring (bicyclic) bond motifs is 1. The van der Waals surface area contributed by atoms with Crippen molar-refractivity contribution >= 4 is 38.4 Å². The third-order valence-corrected chi connectivity index (χ3v) is 7.38. The van der Waals surface area contributed by atoms with Crippen molar-refractivity contribution in [2.24, 2.45) is 0 Å². The molecule has 2 amide bonds. The number of benzene rings is 2. The van der Waals surface area contributed by atoms with Gasteiger partial charge in [0, 0.05) is 55.7 Å². The van der Waals surface area contributed by atoms with Crippen LogP contribution in [0.4, 0.5) is 10.1 Å². The maximum Gasteiger partial charge on any atom is 0.274 e. The minimum atomic E-state index is -4.15. The number of para-hydroxylation sites is 1. The Morgan fingerprint density at radius 2 is 1.59 bits per heavy atom. The highest BCUT2D eigenvalue weighted by atomic mass is 32.2. The van der Waals surface area contributed by atoms with E-state index in [4.69, 9.17) is 0 Å². The Bertz CT molecular complexity index is 1590. The van der Waals surface area contributed by atoms with Crippen molar-refractivity contribution in [2.45, 2.75) is 4.90 Å². The summed E-state index contributed by atoms with van der Waals surface area (Å²) in [6.07, 6.45) is 5.77. The largest absolute Gasteiger partial charge is 0.335 e. The van der Waals surface area contributed by atoms with Gasteiger partial charge in [0.25, 0.3) is 21.8 Å². The quantitative estimate of drug-likeness (QED) is 0.429. The Morgan fingerprint density at radius 1 is 0.865 bits per heavy atom. The molecule has 0 saturated carbocycles. The molecule has 37 heavy (non-hydrogen) atoms. The summed E-state index contributed by atoms with van der Waals surface area (Å²) >= 11 is 0. The van der Waals surface area contributed by atoms with Gasteiger partial charge in [-0.1, -0.05) is 18.2 Å².